The molecule has 3 atom stereocenters. The van der Waals surface area contributed by atoms with Crippen LogP contribution in [0.5, 0.6) is 0 Å². The van der Waals surface area contributed by atoms with Crippen LogP contribution >= 0.6 is 12.2 Å². The summed E-state index contributed by atoms with van der Waals surface area (Å²) in [4.78, 5) is 0.141. The summed E-state index contributed by atoms with van der Waals surface area (Å²) in [5.74, 6) is 1.70. The van der Waals surface area contributed by atoms with E-state index in [4.69, 9.17) is 17.4 Å². The first-order valence-electron chi connectivity index (χ1n) is 8.08. The van der Waals surface area contributed by atoms with Crippen molar-refractivity contribution >= 4 is 27.4 Å². The number of nitrogens with two attached hydrogens (primary N) is 1. The Labute approximate surface area is 143 Å². The first kappa shape index (κ1) is 16.7. The van der Waals surface area contributed by atoms with Gasteiger partial charge in [-0.05, 0) is 67.4 Å². The fraction of sp³-hybridized carbons (Fsp3) is 0.562. The van der Waals surface area contributed by atoms with Crippen LogP contribution in [0.25, 0.3) is 0 Å². The van der Waals surface area contributed by atoms with E-state index in [1.165, 1.54) is 37.8 Å². The van der Waals surface area contributed by atoms with E-state index in [1.807, 2.05) is 0 Å². The summed E-state index contributed by atoms with van der Waals surface area (Å²) in [6.07, 6.45) is 6.11. The molecule has 1 aromatic carbocycles. The van der Waals surface area contributed by atoms with Crippen molar-refractivity contribution in [3.8, 4) is 0 Å². The molecule has 4 N–H and O–H groups in total. The van der Waals surface area contributed by atoms with E-state index in [0.717, 1.165) is 35.5 Å². The summed E-state index contributed by atoms with van der Waals surface area (Å²) < 4.78 is 22.4. The Bertz CT molecular complexity index is 673. The van der Waals surface area contributed by atoms with Crippen LogP contribution in [0, 0.1) is 11.8 Å². The average molecular weight is 354 g/mol. The molecule has 0 amide bonds. The highest BCUT2D eigenvalue weighted by molar-refractivity contribution is 7.89. The average Bonchev–Trinajstić information content (AvgIpc) is 3.09. The summed E-state index contributed by atoms with van der Waals surface area (Å²) >= 11 is 5.37. The Kier molecular flexibility index (Phi) is 4.89. The first-order valence-corrected chi connectivity index (χ1v) is 10.0. The lowest BCUT2D eigenvalue weighted by Crippen LogP contribution is -2.44. The van der Waals surface area contributed by atoms with Gasteiger partial charge < -0.3 is 10.6 Å². The third-order valence-electron chi connectivity index (χ3n) is 5.01. The molecule has 5 nitrogen and oxygen atoms in total. The van der Waals surface area contributed by atoms with Gasteiger partial charge in [0.1, 0.15) is 0 Å². The van der Waals surface area contributed by atoms with Gasteiger partial charge in [0.25, 0.3) is 0 Å². The lowest BCUT2D eigenvalue weighted by atomic mass is 9.96. The highest BCUT2D eigenvalue weighted by Crippen LogP contribution is 2.44. The van der Waals surface area contributed by atoms with Crippen molar-refractivity contribution in [3.05, 3.63) is 29.8 Å². The van der Waals surface area contributed by atoms with Gasteiger partial charge in [-0.25, -0.2) is 13.6 Å². The largest absolute Gasteiger partial charge is 0.362 e. The third-order valence-corrected chi connectivity index (χ3v) is 6.20. The van der Waals surface area contributed by atoms with Crippen LogP contribution in [0.4, 0.5) is 0 Å². The Balaban J connectivity index is 1.41. The fourth-order valence-corrected chi connectivity index (χ4v) is 4.58. The van der Waals surface area contributed by atoms with E-state index in [0.29, 0.717) is 6.04 Å². The molecule has 3 rings (SSSR count). The number of fused-ring (bicyclic) bond motifs is 2. The number of hydrogen-bond donors (Lipinski definition) is 3. The molecule has 0 saturated heterocycles. The number of primary sulfonamides is 1. The molecule has 0 spiro atoms. The van der Waals surface area contributed by atoms with Gasteiger partial charge in [0.05, 0.1) is 4.90 Å². The maximum atomic E-state index is 11.2. The van der Waals surface area contributed by atoms with Gasteiger partial charge >= 0.3 is 0 Å². The van der Waals surface area contributed by atoms with E-state index < -0.39 is 10.0 Å². The Morgan fingerprint density at radius 1 is 1.22 bits per heavy atom. The quantitative estimate of drug-likeness (QED) is 0.699. The van der Waals surface area contributed by atoms with E-state index in [2.05, 4.69) is 10.6 Å². The molecule has 0 heterocycles. The van der Waals surface area contributed by atoms with E-state index in [1.54, 1.807) is 12.1 Å². The summed E-state index contributed by atoms with van der Waals surface area (Å²) in [6.45, 7) is 0.724. The van der Waals surface area contributed by atoms with Crippen molar-refractivity contribution in [2.75, 3.05) is 6.54 Å². The lowest BCUT2D eigenvalue weighted by molar-refractivity contribution is 0.389. The second-order valence-corrected chi connectivity index (χ2v) is 8.59. The Hall–Kier alpha value is -1.18. The summed E-state index contributed by atoms with van der Waals surface area (Å²) in [5, 5.41) is 12.5. The molecule has 0 radical (unpaired) electrons. The van der Waals surface area contributed by atoms with Crippen molar-refractivity contribution in [1.29, 1.82) is 0 Å². The van der Waals surface area contributed by atoms with Crippen LogP contribution in [0.3, 0.4) is 0 Å². The van der Waals surface area contributed by atoms with Crippen LogP contribution in [0.2, 0.25) is 0 Å². The van der Waals surface area contributed by atoms with Crippen LogP contribution in [0.1, 0.15) is 31.2 Å². The van der Waals surface area contributed by atoms with Gasteiger partial charge in [0.2, 0.25) is 10.0 Å². The first-order chi connectivity index (χ1) is 10.9. The van der Waals surface area contributed by atoms with Crippen LogP contribution in [0.15, 0.2) is 29.2 Å². The van der Waals surface area contributed by atoms with Crippen LogP contribution < -0.4 is 15.8 Å². The molecular weight excluding hydrogens is 330 g/mol. The van der Waals surface area contributed by atoms with E-state index in [9.17, 15) is 8.42 Å². The van der Waals surface area contributed by atoms with Crippen molar-refractivity contribution in [1.82, 2.24) is 10.6 Å². The van der Waals surface area contributed by atoms with Gasteiger partial charge in [0, 0.05) is 12.6 Å². The fourth-order valence-electron chi connectivity index (χ4n) is 3.81. The number of benzene rings is 1. The molecule has 2 aliphatic rings. The number of nitrogens with one attached hydrogen (secondary N) is 2. The predicted molar refractivity (Wildman–Crippen MR) is 94.5 cm³/mol. The molecule has 7 heteroatoms. The Morgan fingerprint density at radius 2 is 1.96 bits per heavy atom. The predicted octanol–water partition coefficient (Wildman–Crippen LogP) is 1.53. The van der Waals surface area contributed by atoms with Gasteiger partial charge in [-0.15, -0.1) is 0 Å². The highest BCUT2D eigenvalue weighted by atomic mass is 32.2. The van der Waals surface area contributed by atoms with Crippen LogP contribution in [-0.2, 0) is 16.4 Å². The molecule has 2 aliphatic carbocycles. The molecule has 0 unspecified atom stereocenters. The van der Waals surface area contributed by atoms with Gasteiger partial charge in [-0.3, -0.25) is 0 Å². The minimum absolute atomic E-state index is 0.141. The van der Waals surface area contributed by atoms with Crippen molar-refractivity contribution in [2.24, 2.45) is 17.0 Å². The summed E-state index contributed by atoms with van der Waals surface area (Å²) in [6, 6.07) is 7.19. The lowest BCUT2D eigenvalue weighted by Gasteiger charge is -2.24. The van der Waals surface area contributed by atoms with E-state index >= 15 is 0 Å². The summed E-state index contributed by atoms with van der Waals surface area (Å²) in [5.41, 5.74) is 1.05. The SMILES string of the molecule is NS(=O)(=O)c1ccc(CCNC(=S)N[C@@H]2C[C@H]3CC[C@H]2C3)cc1. The summed E-state index contributed by atoms with van der Waals surface area (Å²) in [7, 11) is -3.62. The number of hydrogen-bond acceptors (Lipinski definition) is 3. The minimum Gasteiger partial charge on any atom is -0.362 e. The molecule has 1 aromatic rings. The van der Waals surface area contributed by atoms with Gasteiger partial charge in [-0.2, -0.15) is 0 Å². The maximum absolute atomic E-state index is 11.2. The topological polar surface area (TPSA) is 84.2 Å². The molecule has 0 aliphatic heterocycles. The van der Waals surface area contributed by atoms with Gasteiger partial charge in [-0.1, -0.05) is 18.6 Å². The minimum atomic E-state index is -3.62. The molecule has 23 heavy (non-hydrogen) atoms. The van der Waals surface area contributed by atoms with Crippen LogP contribution in [-0.4, -0.2) is 26.1 Å². The highest BCUT2D eigenvalue weighted by Gasteiger charge is 2.39. The molecule has 2 fully saturated rings. The second kappa shape index (κ2) is 6.75. The zero-order valence-corrected chi connectivity index (χ0v) is 14.6. The smallest absolute Gasteiger partial charge is 0.238 e. The monoisotopic (exact) mass is 353 g/mol. The zero-order chi connectivity index (χ0) is 16.4. The zero-order valence-electron chi connectivity index (χ0n) is 13.0. The number of thiocarbonyl (C=S) groups is 1. The third kappa shape index (κ3) is 4.22. The molecule has 0 aromatic heterocycles. The standard InChI is InChI=1S/C16H23N3O2S2/c17-23(20,21)14-5-2-11(3-6-14)7-8-18-16(22)19-15-10-12-1-4-13(15)9-12/h2-3,5-6,12-13,15H,1,4,7-10H2,(H2,17,20,21)(H2,18,19,22)/t12-,13-,15+/m0/s1. The van der Waals surface area contributed by atoms with Crippen molar-refractivity contribution < 1.29 is 8.42 Å². The molecule has 2 saturated carbocycles. The van der Waals surface area contributed by atoms with E-state index in [-0.39, 0.29) is 4.90 Å². The molecule has 126 valence electrons. The number of rotatable bonds is 5. The van der Waals surface area contributed by atoms with Gasteiger partial charge in [0.15, 0.2) is 5.11 Å². The van der Waals surface area contributed by atoms with Crippen molar-refractivity contribution in [2.45, 2.75) is 43.0 Å². The number of sulfonamides is 1. The van der Waals surface area contributed by atoms with Crippen molar-refractivity contribution in [3.63, 3.8) is 0 Å². The Morgan fingerprint density at radius 3 is 2.52 bits per heavy atom. The molecular formula is C16H23N3O2S2. The normalized spacial score (nSPS) is 26.2. The second-order valence-electron chi connectivity index (χ2n) is 6.62. The molecule has 2 bridgehead atoms. The maximum Gasteiger partial charge on any atom is 0.238 e.